The molecule has 1 atom stereocenters. The predicted molar refractivity (Wildman–Crippen MR) is 73.0 cm³/mol. The van der Waals surface area contributed by atoms with Crippen LogP contribution in [0.2, 0.25) is 0 Å². The van der Waals surface area contributed by atoms with Crippen LogP contribution in [0.4, 0.5) is 4.39 Å². The van der Waals surface area contributed by atoms with E-state index in [4.69, 9.17) is 0 Å². The minimum atomic E-state index is -0.654. The van der Waals surface area contributed by atoms with Crippen LogP contribution in [0.15, 0.2) is 53.4 Å². The number of hydrogen-bond donors (Lipinski definition) is 1. The first-order valence-electron chi connectivity index (χ1n) is 5.81. The zero-order valence-electron chi connectivity index (χ0n) is 10.1. The zero-order valence-corrected chi connectivity index (χ0v) is 11.0. The van der Waals surface area contributed by atoms with Crippen molar-refractivity contribution in [3.05, 3.63) is 65.5 Å². The fraction of sp³-hybridized carbons (Fsp3) is 0.200. The molecular weight excluding hydrogens is 247 g/mol. The zero-order chi connectivity index (χ0) is 13.0. The molecule has 2 aromatic carbocycles. The summed E-state index contributed by atoms with van der Waals surface area (Å²) in [5.41, 5.74) is 1.79. The van der Waals surface area contributed by atoms with Gasteiger partial charge in [-0.25, -0.2) is 4.39 Å². The molecule has 0 radical (unpaired) electrons. The first kappa shape index (κ1) is 13.1. The smallest absolute Gasteiger partial charge is 0.137 e. The van der Waals surface area contributed by atoms with E-state index in [9.17, 15) is 9.50 Å². The maximum absolute atomic E-state index is 13.8. The van der Waals surface area contributed by atoms with Crippen molar-refractivity contribution in [2.45, 2.75) is 23.7 Å². The van der Waals surface area contributed by atoms with Crippen molar-refractivity contribution in [3.63, 3.8) is 0 Å². The van der Waals surface area contributed by atoms with Crippen LogP contribution in [0.25, 0.3) is 0 Å². The van der Waals surface area contributed by atoms with Gasteiger partial charge in [-0.3, -0.25) is 0 Å². The summed E-state index contributed by atoms with van der Waals surface area (Å²) >= 11 is 1.42. The molecule has 2 aromatic rings. The SMILES string of the molecule is C[C@@H](O)c1cccc(F)c1SCc1ccccc1. The molecule has 1 nitrogen and oxygen atoms in total. The number of rotatable bonds is 4. The van der Waals surface area contributed by atoms with Crippen LogP contribution >= 0.6 is 11.8 Å². The topological polar surface area (TPSA) is 20.2 Å². The summed E-state index contributed by atoms with van der Waals surface area (Å²) in [6.07, 6.45) is -0.654. The Balaban J connectivity index is 2.19. The van der Waals surface area contributed by atoms with Crippen LogP contribution in [0.3, 0.4) is 0 Å². The van der Waals surface area contributed by atoms with Crippen LogP contribution in [0.1, 0.15) is 24.2 Å². The molecule has 0 aromatic heterocycles. The molecule has 0 aliphatic heterocycles. The number of halogens is 1. The molecule has 2 rings (SSSR count). The van der Waals surface area contributed by atoms with Crippen molar-refractivity contribution in [1.82, 2.24) is 0 Å². The molecule has 0 heterocycles. The molecule has 0 aliphatic rings. The Morgan fingerprint density at radius 1 is 1.11 bits per heavy atom. The summed E-state index contributed by atoms with van der Waals surface area (Å²) in [4.78, 5) is 0.538. The lowest BCUT2D eigenvalue weighted by atomic mass is 10.1. The van der Waals surface area contributed by atoms with E-state index >= 15 is 0 Å². The molecule has 94 valence electrons. The summed E-state index contributed by atoms with van der Waals surface area (Å²) in [7, 11) is 0. The second-order valence-corrected chi connectivity index (χ2v) is 5.09. The van der Waals surface area contributed by atoms with E-state index in [0.29, 0.717) is 16.2 Å². The average molecular weight is 262 g/mol. The fourth-order valence-corrected chi connectivity index (χ4v) is 2.85. The summed E-state index contributed by atoms with van der Waals surface area (Å²) < 4.78 is 13.8. The Morgan fingerprint density at radius 2 is 1.83 bits per heavy atom. The van der Waals surface area contributed by atoms with E-state index in [1.807, 2.05) is 30.3 Å². The van der Waals surface area contributed by atoms with Crippen LogP contribution in [0, 0.1) is 5.82 Å². The highest BCUT2D eigenvalue weighted by Crippen LogP contribution is 2.32. The average Bonchev–Trinajstić information content (AvgIpc) is 2.38. The second-order valence-electron chi connectivity index (χ2n) is 4.11. The molecule has 0 saturated carbocycles. The van der Waals surface area contributed by atoms with E-state index in [-0.39, 0.29) is 5.82 Å². The molecule has 0 unspecified atom stereocenters. The first-order valence-corrected chi connectivity index (χ1v) is 6.80. The van der Waals surface area contributed by atoms with Gasteiger partial charge in [0, 0.05) is 10.6 Å². The molecule has 0 aliphatic carbocycles. The van der Waals surface area contributed by atoms with Gasteiger partial charge in [0.05, 0.1) is 6.10 Å². The van der Waals surface area contributed by atoms with E-state index in [1.54, 1.807) is 19.1 Å². The van der Waals surface area contributed by atoms with Crippen LogP contribution < -0.4 is 0 Å². The molecule has 0 spiro atoms. The van der Waals surface area contributed by atoms with E-state index in [0.717, 1.165) is 5.56 Å². The summed E-state index contributed by atoms with van der Waals surface area (Å²) in [5.74, 6) is 0.427. The Labute approximate surface area is 111 Å². The van der Waals surface area contributed by atoms with E-state index < -0.39 is 6.10 Å². The van der Waals surface area contributed by atoms with Gasteiger partial charge in [-0.05, 0) is 24.1 Å². The minimum Gasteiger partial charge on any atom is -0.389 e. The Morgan fingerprint density at radius 3 is 2.50 bits per heavy atom. The molecule has 18 heavy (non-hydrogen) atoms. The Bertz CT molecular complexity index is 511. The second kappa shape index (κ2) is 6.03. The maximum atomic E-state index is 13.8. The molecule has 0 fully saturated rings. The van der Waals surface area contributed by atoms with Crippen molar-refractivity contribution in [1.29, 1.82) is 0 Å². The molecule has 0 amide bonds. The van der Waals surface area contributed by atoms with Crippen LogP contribution in [0.5, 0.6) is 0 Å². The third-order valence-electron chi connectivity index (χ3n) is 2.67. The van der Waals surface area contributed by atoms with Gasteiger partial charge in [-0.1, -0.05) is 42.5 Å². The highest BCUT2D eigenvalue weighted by atomic mass is 32.2. The largest absolute Gasteiger partial charge is 0.389 e. The Hall–Kier alpha value is -1.32. The normalized spacial score (nSPS) is 12.4. The summed E-state index contributed by atoms with van der Waals surface area (Å²) in [6.45, 7) is 1.65. The van der Waals surface area contributed by atoms with Crippen molar-refractivity contribution in [2.24, 2.45) is 0 Å². The van der Waals surface area contributed by atoms with E-state index in [2.05, 4.69) is 0 Å². The number of benzene rings is 2. The minimum absolute atomic E-state index is 0.269. The van der Waals surface area contributed by atoms with Gasteiger partial charge < -0.3 is 5.11 Å². The lowest BCUT2D eigenvalue weighted by Gasteiger charge is -2.12. The van der Waals surface area contributed by atoms with Gasteiger partial charge in [-0.2, -0.15) is 0 Å². The van der Waals surface area contributed by atoms with Crippen molar-refractivity contribution >= 4 is 11.8 Å². The van der Waals surface area contributed by atoms with Crippen LogP contribution in [-0.2, 0) is 5.75 Å². The molecule has 3 heteroatoms. The van der Waals surface area contributed by atoms with E-state index in [1.165, 1.54) is 17.8 Å². The van der Waals surface area contributed by atoms with Crippen molar-refractivity contribution in [3.8, 4) is 0 Å². The van der Waals surface area contributed by atoms with Gasteiger partial charge >= 0.3 is 0 Å². The summed E-state index contributed by atoms with van der Waals surface area (Å²) in [5, 5.41) is 9.65. The van der Waals surface area contributed by atoms with Gasteiger partial charge in [0.1, 0.15) is 5.82 Å². The maximum Gasteiger partial charge on any atom is 0.137 e. The third-order valence-corrected chi connectivity index (χ3v) is 3.87. The molecule has 0 bridgehead atoms. The molecule has 1 N–H and O–H groups in total. The van der Waals surface area contributed by atoms with Gasteiger partial charge in [0.25, 0.3) is 0 Å². The van der Waals surface area contributed by atoms with Gasteiger partial charge in [0.15, 0.2) is 0 Å². The predicted octanol–water partition coefficient (Wildman–Crippen LogP) is 4.17. The lowest BCUT2D eigenvalue weighted by molar-refractivity contribution is 0.195. The summed E-state index contributed by atoms with van der Waals surface area (Å²) in [6, 6.07) is 14.7. The van der Waals surface area contributed by atoms with Gasteiger partial charge in [0.2, 0.25) is 0 Å². The lowest BCUT2D eigenvalue weighted by Crippen LogP contribution is -1.97. The highest BCUT2D eigenvalue weighted by molar-refractivity contribution is 7.98. The monoisotopic (exact) mass is 262 g/mol. The quantitative estimate of drug-likeness (QED) is 0.834. The number of aliphatic hydroxyl groups excluding tert-OH is 1. The van der Waals surface area contributed by atoms with Crippen LogP contribution in [-0.4, -0.2) is 5.11 Å². The standard InChI is InChI=1S/C15H15FOS/c1-11(17)13-8-5-9-14(16)15(13)18-10-12-6-3-2-4-7-12/h2-9,11,17H,10H2,1H3/t11-/m1/s1. The number of hydrogen-bond acceptors (Lipinski definition) is 2. The molecular formula is C15H15FOS. The Kier molecular flexibility index (Phi) is 4.39. The van der Waals surface area contributed by atoms with Crippen molar-refractivity contribution < 1.29 is 9.50 Å². The number of aliphatic hydroxyl groups is 1. The molecule has 0 saturated heterocycles. The number of thioether (sulfide) groups is 1. The fourth-order valence-electron chi connectivity index (χ4n) is 1.74. The van der Waals surface area contributed by atoms with Gasteiger partial charge in [-0.15, -0.1) is 11.8 Å². The third kappa shape index (κ3) is 3.12. The first-order chi connectivity index (χ1) is 8.68. The van der Waals surface area contributed by atoms with Crippen molar-refractivity contribution in [2.75, 3.05) is 0 Å². The highest BCUT2D eigenvalue weighted by Gasteiger charge is 2.12.